The van der Waals surface area contributed by atoms with E-state index in [1.807, 2.05) is 19.2 Å². The minimum Gasteiger partial charge on any atom is -0.322 e. The van der Waals surface area contributed by atoms with Gasteiger partial charge in [-0.05, 0) is 49.9 Å². The molecule has 3 aliphatic rings. The van der Waals surface area contributed by atoms with Crippen molar-refractivity contribution in [1.29, 1.82) is 0 Å². The van der Waals surface area contributed by atoms with E-state index < -0.39 is 6.04 Å². The average Bonchev–Trinajstić information content (AvgIpc) is 3.04. The normalized spacial score (nSPS) is 27.7. The summed E-state index contributed by atoms with van der Waals surface area (Å²) in [5, 5.41) is 9.39. The molecule has 0 aromatic heterocycles. The maximum atomic E-state index is 12.9. The van der Waals surface area contributed by atoms with E-state index in [-0.39, 0.29) is 24.1 Å². The van der Waals surface area contributed by atoms with E-state index in [4.69, 9.17) is 0 Å². The van der Waals surface area contributed by atoms with Crippen molar-refractivity contribution >= 4 is 17.7 Å². The second kappa shape index (κ2) is 8.01. The van der Waals surface area contributed by atoms with Crippen LogP contribution in [-0.4, -0.2) is 47.8 Å². The molecule has 28 heavy (non-hydrogen) atoms. The van der Waals surface area contributed by atoms with Gasteiger partial charge in [0.15, 0.2) is 0 Å². The van der Waals surface area contributed by atoms with E-state index in [1.165, 1.54) is 19.3 Å². The Morgan fingerprint density at radius 2 is 1.96 bits per heavy atom. The lowest BCUT2D eigenvalue weighted by Gasteiger charge is -2.30. The monoisotopic (exact) mass is 384 g/mol. The summed E-state index contributed by atoms with van der Waals surface area (Å²) in [5.74, 6) is -0.737. The maximum absolute atomic E-state index is 12.9. The molecule has 150 valence electrons. The third-order valence-electron chi connectivity index (χ3n) is 6.34. The number of imide groups is 1. The molecule has 3 N–H and O–H groups in total. The van der Waals surface area contributed by atoms with Gasteiger partial charge in [-0.3, -0.25) is 19.7 Å². The largest absolute Gasteiger partial charge is 0.322 e. The molecule has 3 unspecified atom stereocenters. The van der Waals surface area contributed by atoms with Crippen LogP contribution in [-0.2, 0) is 22.7 Å². The van der Waals surface area contributed by atoms with E-state index in [1.54, 1.807) is 4.90 Å². The molecule has 2 aliphatic heterocycles. The molecule has 1 aliphatic carbocycles. The summed E-state index contributed by atoms with van der Waals surface area (Å²) in [6.07, 6.45) is 5.41. The van der Waals surface area contributed by atoms with Crippen molar-refractivity contribution < 1.29 is 14.4 Å². The van der Waals surface area contributed by atoms with Crippen molar-refractivity contribution in [3.8, 4) is 0 Å². The molecular formula is C21H28N4O3. The number of nitrogens with one attached hydrogen (secondary N) is 3. The fraction of sp³-hybridized carbons (Fsp3) is 0.571. The van der Waals surface area contributed by atoms with Crippen molar-refractivity contribution in [1.82, 2.24) is 20.9 Å². The van der Waals surface area contributed by atoms with Gasteiger partial charge in [-0.2, -0.15) is 0 Å². The second-order valence-corrected chi connectivity index (χ2v) is 8.07. The Morgan fingerprint density at radius 3 is 2.75 bits per heavy atom. The van der Waals surface area contributed by atoms with Crippen molar-refractivity contribution in [3.63, 3.8) is 0 Å². The standard InChI is InChI=1S/C21H28N4O3/c1-22-14-5-3-6-15(10-14)23-11-13-4-2-7-16-17(13)12-25(21(16)28)18-8-9-19(26)24-20(18)27/h2,4,7,14-15,18,22-23H,3,5-6,8-12H2,1H3,(H,24,26,27). The summed E-state index contributed by atoms with van der Waals surface area (Å²) in [6, 6.07) is 6.30. The Labute approximate surface area is 165 Å². The zero-order valence-corrected chi connectivity index (χ0v) is 16.3. The predicted molar refractivity (Wildman–Crippen MR) is 104 cm³/mol. The van der Waals surface area contributed by atoms with E-state index >= 15 is 0 Å². The molecule has 0 spiro atoms. The van der Waals surface area contributed by atoms with Gasteiger partial charge in [-0.15, -0.1) is 0 Å². The van der Waals surface area contributed by atoms with Crippen LogP contribution in [0.2, 0.25) is 0 Å². The molecule has 7 nitrogen and oxygen atoms in total. The topological polar surface area (TPSA) is 90.5 Å². The quantitative estimate of drug-likeness (QED) is 0.661. The molecule has 1 saturated heterocycles. The highest BCUT2D eigenvalue weighted by Gasteiger charge is 2.39. The molecule has 1 aromatic carbocycles. The predicted octanol–water partition coefficient (Wildman–Crippen LogP) is 1.07. The van der Waals surface area contributed by atoms with Crippen LogP contribution in [0.4, 0.5) is 0 Å². The number of benzene rings is 1. The van der Waals surface area contributed by atoms with Crippen molar-refractivity contribution in [3.05, 3.63) is 34.9 Å². The van der Waals surface area contributed by atoms with E-state index in [0.717, 1.165) is 24.1 Å². The lowest BCUT2D eigenvalue weighted by Crippen LogP contribution is -2.52. The highest BCUT2D eigenvalue weighted by Crippen LogP contribution is 2.30. The molecule has 1 saturated carbocycles. The van der Waals surface area contributed by atoms with Gasteiger partial charge < -0.3 is 15.5 Å². The highest BCUT2D eigenvalue weighted by molar-refractivity contribution is 6.05. The Bertz CT molecular complexity index is 794. The van der Waals surface area contributed by atoms with Gasteiger partial charge in [0.1, 0.15) is 6.04 Å². The molecule has 7 heteroatoms. The molecule has 2 heterocycles. The summed E-state index contributed by atoms with van der Waals surface area (Å²) in [7, 11) is 2.02. The number of hydrogen-bond acceptors (Lipinski definition) is 5. The Balaban J connectivity index is 1.45. The number of carbonyl (C=O) groups is 3. The van der Waals surface area contributed by atoms with Crippen molar-refractivity contribution in [2.75, 3.05) is 7.05 Å². The van der Waals surface area contributed by atoms with E-state index in [2.05, 4.69) is 22.0 Å². The SMILES string of the molecule is CNC1CCCC(NCc2cccc3c2CN(C2CCC(=O)NC2=O)C3=O)C1. The maximum Gasteiger partial charge on any atom is 0.255 e. The number of rotatable bonds is 5. The molecule has 0 radical (unpaired) electrons. The summed E-state index contributed by atoms with van der Waals surface area (Å²) in [5.41, 5.74) is 2.80. The molecule has 3 amide bonds. The number of nitrogens with zero attached hydrogens (tertiary/aromatic N) is 1. The van der Waals surface area contributed by atoms with E-state index in [9.17, 15) is 14.4 Å². The first kappa shape index (κ1) is 19.1. The Morgan fingerprint density at radius 1 is 1.14 bits per heavy atom. The number of piperidine rings is 1. The van der Waals surface area contributed by atoms with Gasteiger partial charge in [0.05, 0.1) is 0 Å². The molecular weight excluding hydrogens is 356 g/mol. The van der Waals surface area contributed by atoms with Crippen LogP contribution in [0.15, 0.2) is 18.2 Å². The van der Waals surface area contributed by atoms with Crippen molar-refractivity contribution in [2.45, 2.75) is 69.7 Å². The third kappa shape index (κ3) is 3.69. The summed E-state index contributed by atoms with van der Waals surface area (Å²) in [6.45, 7) is 1.16. The Kier molecular flexibility index (Phi) is 5.46. The molecule has 4 rings (SSSR count). The minimum absolute atomic E-state index is 0.112. The van der Waals surface area contributed by atoms with Crippen LogP contribution in [0, 0.1) is 0 Å². The first-order chi connectivity index (χ1) is 13.6. The van der Waals surface area contributed by atoms with Crippen LogP contribution < -0.4 is 16.0 Å². The summed E-state index contributed by atoms with van der Waals surface area (Å²) in [4.78, 5) is 38.2. The van der Waals surface area contributed by atoms with Crippen LogP contribution >= 0.6 is 0 Å². The number of amides is 3. The van der Waals surface area contributed by atoms with Crippen molar-refractivity contribution in [2.24, 2.45) is 0 Å². The Hall–Kier alpha value is -2.25. The molecule has 2 fully saturated rings. The zero-order valence-electron chi connectivity index (χ0n) is 16.3. The number of hydrogen-bond donors (Lipinski definition) is 3. The molecule has 0 bridgehead atoms. The van der Waals surface area contributed by atoms with Crippen LogP contribution in [0.3, 0.4) is 0 Å². The fourth-order valence-corrected chi connectivity index (χ4v) is 4.71. The minimum atomic E-state index is -0.562. The van der Waals surface area contributed by atoms with E-state index in [0.29, 0.717) is 30.6 Å². The van der Waals surface area contributed by atoms with Crippen LogP contribution in [0.1, 0.15) is 60.0 Å². The average molecular weight is 384 g/mol. The fourth-order valence-electron chi connectivity index (χ4n) is 4.71. The van der Waals surface area contributed by atoms with Gasteiger partial charge in [0.2, 0.25) is 11.8 Å². The number of fused-ring (bicyclic) bond motifs is 1. The first-order valence-corrected chi connectivity index (χ1v) is 10.2. The highest BCUT2D eigenvalue weighted by atomic mass is 16.2. The van der Waals surface area contributed by atoms with Gasteiger partial charge >= 0.3 is 0 Å². The van der Waals surface area contributed by atoms with Gasteiger partial charge in [-0.1, -0.05) is 18.6 Å². The van der Waals surface area contributed by atoms with Gasteiger partial charge in [-0.25, -0.2) is 0 Å². The summed E-state index contributed by atoms with van der Waals surface area (Å²) < 4.78 is 0. The second-order valence-electron chi connectivity index (χ2n) is 8.07. The lowest BCUT2D eigenvalue weighted by atomic mass is 9.91. The zero-order chi connectivity index (χ0) is 19.7. The van der Waals surface area contributed by atoms with Gasteiger partial charge in [0, 0.05) is 37.2 Å². The third-order valence-corrected chi connectivity index (χ3v) is 6.34. The number of carbonyl (C=O) groups excluding carboxylic acids is 3. The molecule has 3 atom stereocenters. The van der Waals surface area contributed by atoms with Crippen LogP contribution in [0.25, 0.3) is 0 Å². The first-order valence-electron chi connectivity index (χ1n) is 10.2. The summed E-state index contributed by atoms with van der Waals surface area (Å²) >= 11 is 0. The van der Waals surface area contributed by atoms with Crippen LogP contribution in [0.5, 0.6) is 0 Å². The molecule has 1 aromatic rings. The van der Waals surface area contributed by atoms with Gasteiger partial charge in [0.25, 0.3) is 5.91 Å². The lowest BCUT2D eigenvalue weighted by molar-refractivity contribution is -0.136. The smallest absolute Gasteiger partial charge is 0.255 e.